The van der Waals surface area contributed by atoms with Crippen LogP contribution < -0.4 is 0 Å². The second-order valence-corrected chi connectivity index (χ2v) is 8.27. The number of carbonyl (C=O) groups excluding carboxylic acids is 2. The van der Waals surface area contributed by atoms with Crippen LogP contribution in [0, 0.1) is 0 Å². The fraction of sp³-hybridized carbons (Fsp3) is 0.455. The highest BCUT2D eigenvalue weighted by atomic mass is 32.1. The van der Waals surface area contributed by atoms with Gasteiger partial charge in [0.15, 0.2) is 5.78 Å². The molecule has 0 bridgehead atoms. The number of amides is 1. The number of rotatable bonds is 7. The van der Waals surface area contributed by atoms with E-state index >= 15 is 0 Å². The Morgan fingerprint density at radius 2 is 2.04 bits per heavy atom. The number of nitrogens with zero attached hydrogens (tertiary/aromatic N) is 2. The molecule has 1 saturated heterocycles. The van der Waals surface area contributed by atoms with Crippen LogP contribution >= 0.6 is 11.3 Å². The van der Waals surface area contributed by atoms with Crippen LogP contribution in [-0.4, -0.2) is 54.2 Å². The van der Waals surface area contributed by atoms with E-state index in [0.29, 0.717) is 10.4 Å². The number of likely N-dealkylation sites (N-methyl/N-ethyl adjacent to an activating group) is 1. The van der Waals surface area contributed by atoms with Crippen LogP contribution in [-0.2, 0) is 6.42 Å². The highest BCUT2D eigenvalue weighted by molar-refractivity contribution is 7.12. The van der Waals surface area contributed by atoms with Gasteiger partial charge < -0.3 is 9.80 Å². The molecule has 144 valence electrons. The molecule has 1 fully saturated rings. The first-order chi connectivity index (χ1) is 13.0. The Kier molecular flexibility index (Phi) is 6.80. The highest BCUT2D eigenvalue weighted by Gasteiger charge is 2.27. The maximum absolute atomic E-state index is 12.8. The Balaban J connectivity index is 1.51. The van der Waals surface area contributed by atoms with E-state index in [-0.39, 0.29) is 17.7 Å². The molecule has 0 unspecified atom stereocenters. The van der Waals surface area contributed by atoms with Gasteiger partial charge >= 0.3 is 0 Å². The van der Waals surface area contributed by atoms with Gasteiger partial charge in [0.05, 0.1) is 10.4 Å². The lowest BCUT2D eigenvalue weighted by atomic mass is 10.0. The zero-order valence-electron chi connectivity index (χ0n) is 16.2. The number of hydrogen-bond donors (Lipinski definition) is 0. The standard InChI is InChI=1S/C22H28N2O2S/c1-17(25)21-14-19(16-27-21)22(26)23(2)20-11-7-13-24(15-20)12-6-10-18-8-4-3-5-9-18/h3-5,8-9,14,16,20H,6-7,10-13,15H2,1-2H3/t20-/m1/s1. The average Bonchev–Trinajstić information content (AvgIpc) is 3.18. The Hall–Kier alpha value is -1.98. The predicted molar refractivity (Wildman–Crippen MR) is 111 cm³/mol. The zero-order chi connectivity index (χ0) is 19.2. The molecule has 0 radical (unpaired) electrons. The second kappa shape index (κ2) is 9.29. The molecule has 0 saturated carbocycles. The summed E-state index contributed by atoms with van der Waals surface area (Å²) in [6, 6.07) is 12.6. The van der Waals surface area contributed by atoms with Crippen molar-refractivity contribution in [2.75, 3.05) is 26.7 Å². The van der Waals surface area contributed by atoms with Crippen molar-refractivity contribution in [1.29, 1.82) is 0 Å². The van der Waals surface area contributed by atoms with Gasteiger partial charge in [0.25, 0.3) is 5.91 Å². The molecule has 1 atom stereocenters. The molecule has 2 aromatic rings. The minimum atomic E-state index is 0.0176. The van der Waals surface area contributed by atoms with Gasteiger partial charge in [-0.3, -0.25) is 9.59 Å². The number of hydrogen-bond acceptors (Lipinski definition) is 4. The molecule has 1 aliphatic heterocycles. The first-order valence-corrected chi connectivity index (χ1v) is 10.6. The quantitative estimate of drug-likeness (QED) is 0.674. The summed E-state index contributed by atoms with van der Waals surface area (Å²) in [5, 5.41) is 1.80. The summed E-state index contributed by atoms with van der Waals surface area (Å²) in [6.07, 6.45) is 4.40. The van der Waals surface area contributed by atoms with Crippen molar-refractivity contribution in [1.82, 2.24) is 9.80 Å². The number of piperidine rings is 1. The van der Waals surface area contributed by atoms with Crippen LogP contribution in [0.5, 0.6) is 0 Å². The topological polar surface area (TPSA) is 40.6 Å². The lowest BCUT2D eigenvalue weighted by Gasteiger charge is -2.37. The van der Waals surface area contributed by atoms with Crippen molar-refractivity contribution in [2.45, 2.75) is 38.6 Å². The maximum atomic E-state index is 12.8. The zero-order valence-corrected chi connectivity index (χ0v) is 17.0. The van der Waals surface area contributed by atoms with Crippen LogP contribution in [0.15, 0.2) is 41.8 Å². The van der Waals surface area contributed by atoms with Crippen molar-refractivity contribution in [3.8, 4) is 0 Å². The number of aryl methyl sites for hydroxylation is 1. The average molecular weight is 385 g/mol. The van der Waals surface area contributed by atoms with Crippen molar-refractivity contribution in [3.63, 3.8) is 0 Å². The Labute approximate surface area is 165 Å². The van der Waals surface area contributed by atoms with Crippen LogP contribution in [0.2, 0.25) is 0 Å². The summed E-state index contributed by atoms with van der Waals surface area (Å²) in [7, 11) is 1.89. The van der Waals surface area contributed by atoms with E-state index in [0.717, 1.165) is 45.3 Å². The number of carbonyl (C=O) groups is 2. The lowest BCUT2D eigenvalue weighted by Crippen LogP contribution is -2.48. The molecule has 1 aliphatic rings. The van der Waals surface area contributed by atoms with Crippen LogP contribution in [0.4, 0.5) is 0 Å². The molecule has 5 heteroatoms. The van der Waals surface area contributed by atoms with Crippen LogP contribution in [0.3, 0.4) is 0 Å². The molecule has 0 spiro atoms. The Morgan fingerprint density at radius 1 is 1.26 bits per heavy atom. The summed E-state index contributed by atoms with van der Waals surface area (Å²) in [4.78, 5) is 29.3. The maximum Gasteiger partial charge on any atom is 0.254 e. The molecule has 27 heavy (non-hydrogen) atoms. The van der Waals surface area contributed by atoms with Gasteiger partial charge in [0, 0.05) is 25.0 Å². The molecule has 1 aromatic heterocycles. The minimum absolute atomic E-state index is 0.0176. The van der Waals surface area contributed by atoms with E-state index in [9.17, 15) is 9.59 Å². The van der Waals surface area contributed by atoms with Gasteiger partial charge in [0.2, 0.25) is 0 Å². The lowest BCUT2D eigenvalue weighted by molar-refractivity contribution is 0.0617. The van der Waals surface area contributed by atoms with E-state index in [2.05, 4.69) is 35.2 Å². The van der Waals surface area contributed by atoms with E-state index in [1.54, 1.807) is 11.4 Å². The number of benzene rings is 1. The molecule has 2 heterocycles. The fourth-order valence-electron chi connectivity index (χ4n) is 3.70. The SMILES string of the molecule is CC(=O)c1cc(C(=O)N(C)[C@@H]2CCCN(CCCc3ccccc3)C2)cs1. The fourth-order valence-corrected chi connectivity index (χ4v) is 4.49. The van der Waals surface area contributed by atoms with E-state index in [4.69, 9.17) is 0 Å². The van der Waals surface area contributed by atoms with Crippen LogP contribution in [0.25, 0.3) is 0 Å². The molecule has 4 nitrogen and oxygen atoms in total. The molecule has 0 aliphatic carbocycles. The Bertz CT molecular complexity index is 772. The van der Waals surface area contributed by atoms with E-state index in [1.165, 1.54) is 23.8 Å². The molecule has 1 amide bonds. The van der Waals surface area contributed by atoms with Gasteiger partial charge in [-0.05, 0) is 57.3 Å². The third-order valence-electron chi connectivity index (χ3n) is 5.32. The smallest absolute Gasteiger partial charge is 0.254 e. The normalized spacial score (nSPS) is 17.6. The van der Waals surface area contributed by atoms with E-state index < -0.39 is 0 Å². The van der Waals surface area contributed by atoms with Gasteiger partial charge in [-0.15, -0.1) is 11.3 Å². The number of thiophene rings is 1. The van der Waals surface area contributed by atoms with Crippen molar-refractivity contribution >= 4 is 23.0 Å². The molecular weight excluding hydrogens is 356 g/mol. The summed E-state index contributed by atoms with van der Waals surface area (Å²) in [6.45, 7) is 4.65. The molecular formula is C22H28N2O2S. The molecule has 0 N–H and O–H groups in total. The second-order valence-electron chi connectivity index (χ2n) is 7.36. The number of ketones is 1. The first-order valence-electron chi connectivity index (χ1n) is 9.67. The Morgan fingerprint density at radius 3 is 2.74 bits per heavy atom. The van der Waals surface area contributed by atoms with Crippen LogP contribution in [0.1, 0.15) is 51.8 Å². The monoisotopic (exact) mass is 384 g/mol. The number of Topliss-reactive ketones (excluding diaryl/α,β-unsaturated/α-hetero) is 1. The number of likely N-dealkylation sites (tertiary alicyclic amines) is 1. The molecule has 1 aromatic carbocycles. The van der Waals surface area contributed by atoms with Gasteiger partial charge in [0.1, 0.15) is 0 Å². The van der Waals surface area contributed by atoms with Gasteiger partial charge in [-0.1, -0.05) is 30.3 Å². The first kappa shape index (κ1) is 19.8. The minimum Gasteiger partial charge on any atom is -0.337 e. The summed E-state index contributed by atoms with van der Waals surface area (Å²) >= 11 is 1.35. The highest BCUT2D eigenvalue weighted by Crippen LogP contribution is 2.21. The van der Waals surface area contributed by atoms with Crippen molar-refractivity contribution in [3.05, 3.63) is 57.8 Å². The van der Waals surface area contributed by atoms with Gasteiger partial charge in [-0.2, -0.15) is 0 Å². The largest absolute Gasteiger partial charge is 0.337 e. The third kappa shape index (κ3) is 5.27. The van der Waals surface area contributed by atoms with E-state index in [1.807, 2.05) is 11.9 Å². The third-order valence-corrected chi connectivity index (χ3v) is 6.36. The predicted octanol–water partition coefficient (Wildman–Crippen LogP) is 4.12. The van der Waals surface area contributed by atoms with Crippen molar-refractivity contribution in [2.24, 2.45) is 0 Å². The van der Waals surface area contributed by atoms with Crippen molar-refractivity contribution < 1.29 is 9.59 Å². The summed E-state index contributed by atoms with van der Waals surface area (Å²) in [5.74, 6) is 0.0406. The summed E-state index contributed by atoms with van der Waals surface area (Å²) in [5.41, 5.74) is 2.02. The molecule has 3 rings (SSSR count). The van der Waals surface area contributed by atoms with Gasteiger partial charge in [-0.25, -0.2) is 0 Å². The summed E-state index contributed by atoms with van der Waals surface area (Å²) < 4.78 is 0.